The number of carbonyl (C=O) groups is 2. The minimum Gasteiger partial charge on any atom is -0.480 e. The van der Waals surface area contributed by atoms with Crippen LogP contribution in [0.3, 0.4) is 0 Å². The Morgan fingerprint density at radius 2 is 2.00 bits per heavy atom. The molecule has 0 saturated heterocycles. The van der Waals surface area contributed by atoms with Gasteiger partial charge in [-0.1, -0.05) is 29.8 Å². The van der Waals surface area contributed by atoms with Gasteiger partial charge in [0.1, 0.15) is 6.04 Å². The van der Waals surface area contributed by atoms with Crippen molar-refractivity contribution in [2.45, 2.75) is 12.5 Å². The summed E-state index contributed by atoms with van der Waals surface area (Å²) in [6.45, 7) is 0. The van der Waals surface area contributed by atoms with Crippen LogP contribution in [0.2, 0.25) is 5.02 Å². The number of aromatic nitrogens is 1. The summed E-state index contributed by atoms with van der Waals surface area (Å²) in [5.74, 6) is -2.34. The molecule has 7 nitrogen and oxygen atoms in total. The van der Waals surface area contributed by atoms with Gasteiger partial charge in [-0.2, -0.15) is 0 Å². The molecule has 1 atom stereocenters. The van der Waals surface area contributed by atoms with Gasteiger partial charge in [0.2, 0.25) is 0 Å². The van der Waals surface area contributed by atoms with Gasteiger partial charge >= 0.3 is 11.7 Å². The van der Waals surface area contributed by atoms with E-state index in [-0.39, 0.29) is 17.0 Å². The van der Waals surface area contributed by atoms with Crippen molar-refractivity contribution in [2.75, 3.05) is 0 Å². The third kappa shape index (κ3) is 3.72. The average Bonchev–Trinajstić information content (AvgIpc) is 2.93. The molecule has 1 heterocycles. The number of hydrogen-bond acceptors (Lipinski definition) is 4. The number of halogens is 1. The van der Waals surface area contributed by atoms with Crippen molar-refractivity contribution in [1.82, 2.24) is 10.3 Å². The van der Waals surface area contributed by atoms with E-state index in [1.807, 2.05) is 0 Å². The Hall–Kier alpha value is -3.06. The number of amides is 1. The Labute approximate surface area is 146 Å². The molecule has 3 rings (SSSR count). The number of carbonyl (C=O) groups excluding carboxylic acids is 1. The van der Waals surface area contributed by atoms with Crippen molar-refractivity contribution in [3.63, 3.8) is 0 Å². The molecule has 0 bridgehead atoms. The standard InChI is InChI=1S/C17H13ClN2O5/c18-11-4-2-1-3-10(11)15(21)19-13(16(22)23)8-9-5-6-14-12(7-9)20-17(24)25-14/h1-7,13H,8H2,(H,19,21)(H,20,24)(H,22,23)/t13-/m0/s1. The summed E-state index contributed by atoms with van der Waals surface area (Å²) in [6, 6.07) is 10.0. The quantitative estimate of drug-likeness (QED) is 0.645. The maximum atomic E-state index is 12.3. The summed E-state index contributed by atoms with van der Waals surface area (Å²) in [5.41, 5.74) is 1.66. The Bertz CT molecular complexity index is 1010. The van der Waals surface area contributed by atoms with Crippen molar-refractivity contribution in [2.24, 2.45) is 0 Å². The lowest BCUT2D eigenvalue weighted by Crippen LogP contribution is -2.42. The first kappa shape index (κ1) is 16.8. The second-order valence-electron chi connectivity index (χ2n) is 5.39. The number of aliphatic carboxylic acids is 1. The molecule has 2 aromatic carbocycles. The zero-order valence-electron chi connectivity index (χ0n) is 12.8. The first-order chi connectivity index (χ1) is 11.9. The van der Waals surface area contributed by atoms with Gasteiger partial charge in [0.05, 0.1) is 16.1 Å². The number of aromatic amines is 1. The SMILES string of the molecule is O=C(N[C@@H](Cc1ccc2oc(=O)[nH]c2c1)C(=O)O)c1ccccc1Cl. The number of H-pyrrole nitrogens is 1. The summed E-state index contributed by atoms with van der Waals surface area (Å²) >= 11 is 5.96. The van der Waals surface area contributed by atoms with Crippen molar-refractivity contribution in [1.29, 1.82) is 0 Å². The minimum absolute atomic E-state index is 0.0364. The van der Waals surface area contributed by atoms with Gasteiger partial charge in [-0.3, -0.25) is 9.78 Å². The largest absolute Gasteiger partial charge is 0.480 e. The number of hydrogen-bond donors (Lipinski definition) is 3. The molecule has 0 aliphatic heterocycles. The van der Waals surface area contributed by atoms with Gasteiger partial charge in [-0.25, -0.2) is 9.59 Å². The number of carboxylic acids is 1. The van der Waals surface area contributed by atoms with Crippen LogP contribution < -0.4 is 11.1 Å². The first-order valence-corrected chi connectivity index (χ1v) is 7.72. The molecule has 128 valence electrons. The minimum atomic E-state index is -1.18. The second-order valence-corrected chi connectivity index (χ2v) is 5.80. The molecule has 0 unspecified atom stereocenters. The molecular formula is C17H13ClN2O5. The fraction of sp³-hybridized carbons (Fsp3) is 0.118. The predicted molar refractivity (Wildman–Crippen MR) is 90.9 cm³/mol. The van der Waals surface area contributed by atoms with Crippen molar-refractivity contribution >= 4 is 34.6 Å². The lowest BCUT2D eigenvalue weighted by molar-refractivity contribution is -0.139. The van der Waals surface area contributed by atoms with Gasteiger partial charge in [0.15, 0.2) is 5.58 Å². The van der Waals surface area contributed by atoms with Crippen molar-refractivity contribution < 1.29 is 19.1 Å². The topological polar surface area (TPSA) is 112 Å². The lowest BCUT2D eigenvalue weighted by Gasteiger charge is -2.15. The van der Waals surface area contributed by atoms with E-state index in [4.69, 9.17) is 16.0 Å². The highest BCUT2D eigenvalue weighted by Crippen LogP contribution is 2.16. The summed E-state index contributed by atoms with van der Waals surface area (Å²) in [4.78, 5) is 37.4. The molecular weight excluding hydrogens is 348 g/mol. The van der Waals surface area contributed by atoms with Crippen LogP contribution in [-0.4, -0.2) is 28.0 Å². The van der Waals surface area contributed by atoms with E-state index in [1.54, 1.807) is 36.4 Å². The van der Waals surface area contributed by atoms with Crippen LogP contribution in [0.15, 0.2) is 51.7 Å². The fourth-order valence-corrected chi connectivity index (χ4v) is 2.66. The first-order valence-electron chi connectivity index (χ1n) is 7.34. The highest BCUT2D eigenvalue weighted by atomic mass is 35.5. The Morgan fingerprint density at radius 1 is 1.24 bits per heavy atom. The maximum Gasteiger partial charge on any atom is 0.417 e. The molecule has 8 heteroatoms. The molecule has 0 spiro atoms. The number of rotatable bonds is 5. The van der Waals surface area contributed by atoms with E-state index in [0.717, 1.165) is 0 Å². The summed E-state index contributed by atoms with van der Waals surface area (Å²) in [5, 5.41) is 12.1. The molecule has 0 saturated carbocycles. The average molecular weight is 361 g/mol. The van der Waals surface area contributed by atoms with E-state index in [9.17, 15) is 19.5 Å². The molecule has 0 aliphatic rings. The van der Waals surface area contributed by atoms with E-state index >= 15 is 0 Å². The zero-order chi connectivity index (χ0) is 18.0. The van der Waals surface area contributed by atoms with Gasteiger partial charge in [-0.15, -0.1) is 0 Å². The molecule has 0 fully saturated rings. The molecule has 3 N–H and O–H groups in total. The smallest absolute Gasteiger partial charge is 0.417 e. The van der Waals surface area contributed by atoms with Gasteiger partial charge < -0.3 is 14.8 Å². The van der Waals surface area contributed by atoms with Crippen LogP contribution in [0.4, 0.5) is 0 Å². The highest BCUT2D eigenvalue weighted by molar-refractivity contribution is 6.33. The van der Waals surface area contributed by atoms with E-state index in [0.29, 0.717) is 16.7 Å². The number of fused-ring (bicyclic) bond motifs is 1. The Morgan fingerprint density at radius 3 is 2.72 bits per heavy atom. The third-order valence-corrected chi connectivity index (χ3v) is 3.97. The summed E-state index contributed by atoms with van der Waals surface area (Å²) < 4.78 is 4.90. The number of oxazole rings is 1. The maximum absolute atomic E-state index is 12.3. The molecule has 1 amide bonds. The lowest BCUT2D eigenvalue weighted by atomic mass is 10.0. The van der Waals surface area contributed by atoms with Crippen LogP contribution in [-0.2, 0) is 11.2 Å². The van der Waals surface area contributed by atoms with Crippen LogP contribution in [0, 0.1) is 0 Å². The normalized spacial score (nSPS) is 12.0. The molecule has 1 aromatic heterocycles. The molecule has 3 aromatic rings. The van der Waals surface area contributed by atoms with Crippen LogP contribution >= 0.6 is 11.6 Å². The fourth-order valence-electron chi connectivity index (χ4n) is 2.44. The van der Waals surface area contributed by atoms with E-state index < -0.39 is 23.7 Å². The van der Waals surface area contributed by atoms with Gasteiger partial charge in [-0.05, 0) is 29.8 Å². The van der Waals surface area contributed by atoms with E-state index in [1.165, 1.54) is 6.07 Å². The number of benzene rings is 2. The zero-order valence-corrected chi connectivity index (χ0v) is 13.5. The van der Waals surface area contributed by atoms with Crippen molar-refractivity contribution in [3.8, 4) is 0 Å². The van der Waals surface area contributed by atoms with Crippen LogP contribution in [0.25, 0.3) is 11.1 Å². The highest BCUT2D eigenvalue weighted by Gasteiger charge is 2.22. The number of nitrogens with one attached hydrogen (secondary N) is 2. The van der Waals surface area contributed by atoms with Gasteiger partial charge in [0.25, 0.3) is 5.91 Å². The predicted octanol–water partition coefficient (Wildman–Crippen LogP) is 2.20. The molecule has 0 aliphatic carbocycles. The Kier molecular flexibility index (Phi) is 4.58. The summed E-state index contributed by atoms with van der Waals surface area (Å²) in [7, 11) is 0. The monoisotopic (exact) mass is 360 g/mol. The van der Waals surface area contributed by atoms with Crippen LogP contribution in [0.5, 0.6) is 0 Å². The van der Waals surface area contributed by atoms with Crippen molar-refractivity contribution in [3.05, 3.63) is 69.2 Å². The Balaban J connectivity index is 1.81. The van der Waals surface area contributed by atoms with Gasteiger partial charge in [0, 0.05) is 6.42 Å². The third-order valence-electron chi connectivity index (χ3n) is 3.65. The molecule has 0 radical (unpaired) electrons. The number of carboxylic acid groups (broad SMARTS) is 1. The summed E-state index contributed by atoms with van der Waals surface area (Å²) in [6.07, 6.45) is 0.0364. The second kappa shape index (κ2) is 6.82. The van der Waals surface area contributed by atoms with Crippen LogP contribution in [0.1, 0.15) is 15.9 Å². The molecule has 25 heavy (non-hydrogen) atoms. The van der Waals surface area contributed by atoms with E-state index in [2.05, 4.69) is 10.3 Å².